The van der Waals surface area contributed by atoms with E-state index < -0.39 is 0 Å². The first-order chi connectivity index (χ1) is 12.7. The summed E-state index contributed by atoms with van der Waals surface area (Å²) in [5.41, 5.74) is 3.26. The standard InChI is InChI=1S/C20H25N5O/c1-21-20(26)17-6-7-19(23-22-17)24-11-8-15(9-12-24)14-25-13-10-16-4-2-3-5-18(16)25/h2-7,15H,8-14H2,1H3,(H,21,26). The van der Waals surface area contributed by atoms with Gasteiger partial charge in [0.25, 0.3) is 5.91 Å². The normalized spacial score (nSPS) is 17.3. The topological polar surface area (TPSA) is 61.4 Å². The molecule has 6 heteroatoms. The zero-order valence-corrected chi connectivity index (χ0v) is 15.2. The van der Waals surface area contributed by atoms with E-state index >= 15 is 0 Å². The summed E-state index contributed by atoms with van der Waals surface area (Å²) in [5, 5.41) is 10.8. The van der Waals surface area contributed by atoms with Gasteiger partial charge in [0.05, 0.1) is 0 Å². The monoisotopic (exact) mass is 351 g/mol. The number of anilines is 2. The molecule has 0 aliphatic carbocycles. The first kappa shape index (κ1) is 16.8. The third kappa shape index (κ3) is 3.36. The summed E-state index contributed by atoms with van der Waals surface area (Å²) >= 11 is 0. The Labute approximate surface area is 154 Å². The molecule has 2 aliphatic rings. The van der Waals surface area contributed by atoms with Gasteiger partial charge in [0.1, 0.15) is 0 Å². The van der Waals surface area contributed by atoms with E-state index in [1.807, 2.05) is 6.07 Å². The quantitative estimate of drug-likeness (QED) is 0.914. The first-order valence-electron chi connectivity index (χ1n) is 9.38. The fourth-order valence-corrected chi connectivity index (χ4v) is 4.00. The number of nitrogens with one attached hydrogen (secondary N) is 1. The summed E-state index contributed by atoms with van der Waals surface area (Å²) < 4.78 is 0. The van der Waals surface area contributed by atoms with Crippen molar-refractivity contribution in [2.75, 3.05) is 43.0 Å². The average molecular weight is 351 g/mol. The van der Waals surface area contributed by atoms with Crippen molar-refractivity contribution >= 4 is 17.4 Å². The minimum atomic E-state index is -0.200. The van der Waals surface area contributed by atoms with Crippen molar-refractivity contribution in [3.63, 3.8) is 0 Å². The zero-order valence-electron chi connectivity index (χ0n) is 15.2. The summed E-state index contributed by atoms with van der Waals surface area (Å²) in [5.74, 6) is 1.38. The van der Waals surface area contributed by atoms with E-state index in [0.29, 0.717) is 5.69 Å². The summed E-state index contributed by atoms with van der Waals surface area (Å²) in [6.45, 7) is 4.28. The smallest absolute Gasteiger partial charge is 0.271 e. The van der Waals surface area contributed by atoms with Gasteiger partial charge in [-0.1, -0.05) is 18.2 Å². The number of carbonyl (C=O) groups excluding carboxylic acids is 1. The fourth-order valence-electron chi connectivity index (χ4n) is 4.00. The molecule has 1 aromatic heterocycles. The number of hydrogen-bond acceptors (Lipinski definition) is 5. The van der Waals surface area contributed by atoms with E-state index in [4.69, 9.17) is 0 Å². The van der Waals surface area contributed by atoms with Crippen LogP contribution in [0.5, 0.6) is 0 Å². The fraction of sp³-hybridized carbons (Fsp3) is 0.450. The molecule has 1 aromatic carbocycles. The van der Waals surface area contributed by atoms with Crippen molar-refractivity contribution < 1.29 is 4.79 Å². The lowest BCUT2D eigenvalue weighted by molar-refractivity contribution is 0.0957. The molecule has 1 amide bonds. The number of nitrogens with zero attached hydrogens (tertiary/aromatic N) is 4. The lowest BCUT2D eigenvalue weighted by atomic mass is 9.96. The largest absolute Gasteiger partial charge is 0.371 e. The maximum Gasteiger partial charge on any atom is 0.271 e. The van der Waals surface area contributed by atoms with Crippen LogP contribution in [0.25, 0.3) is 0 Å². The number of aromatic nitrogens is 2. The van der Waals surface area contributed by atoms with Crippen molar-refractivity contribution in [2.45, 2.75) is 19.3 Å². The molecule has 0 unspecified atom stereocenters. The molecule has 2 aromatic rings. The Bertz CT molecular complexity index is 768. The van der Waals surface area contributed by atoms with Gasteiger partial charge in [-0.25, -0.2) is 0 Å². The van der Waals surface area contributed by atoms with E-state index in [1.54, 1.807) is 13.1 Å². The van der Waals surface area contributed by atoms with Crippen LogP contribution in [0.4, 0.5) is 11.5 Å². The van der Waals surface area contributed by atoms with Gasteiger partial charge in [0, 0.05) is 38.9 Å². The molecule has 1 saturated heterocycles. The molecule has 0 atom stereocenters. The Hall–Kier alpha value is -2.63. The van der Waals surface area contributed by atoms with Crippen LogP contribution in [0.2, 0.25) is 0 Å². The predicted octanol–water partition coefficient (Wildman–Crippen LogP) is 2.12. The van der Waals surface area contributed by atoms with Crippen molar-refractivity contribution in [1.82, 2.24) is 15.5 Å². The Balaban J connectivity index is 1.32. The Morgan fingerprint density at radius 1 is 1.12 bits per heavy atom. The second-order valence-corrected chi connectivity index (χ2v) is 7.11. The molecule has 0 spiro atoms. The van der Waals surface area contributed by atoms with Crippen LogP contribution >= 0.6 is 0 Å². The van der Waals surface area contributed by atoms with Gasteiger partial charge in [-0.05, 0) is 48.9 Å². The number of carbonyl (C=O) groups is 1. The molecule has 3 heterocycles. The minimum absolute atomic E-state index is 0.200. The van der Waals surface area contributed by atoms with Crippen molar-refractivity contribution in [3.8, 4) is 0 Å². The molecule has 6 nitrogen and oxygen atoms in total. The third-order valence-corrected chi connectivity index (χ3v) is 5.51. The molecule has 0 bridgehead atoms. The highest BCUT2D eigenvalue weighted by molar-refractivity contribution is 5.91. The van der Waals surface area contributed by atoms with Crippen molar-refractivity contribution in [2.24, 2.45) is 5.92 Å². The molecule has 26 heavy (non-hydrogen) atoms. The van der Waals surface area contributed by atoms with E-state index in [2.05, 4.69) is 49.6 Å². The SMILES string of the molecule is CNC(=O)c1ccc(N2CCC(CN3CCc4ccccc43)CC2)nn1. The molecular formula is C20H25N5O. The molecule has 136 valence electrons. The maximum absolute atomic E-state index is 11.6. The van der Waals surface area contributed by atoms with Gasteiger partial charge in [-0.3, -0.25) is 4.79 Å². The van der Waals surface area contributed by atoms with Gasteiger partial charge in [0.15, 0.2) is 11.5 Å². The lowest BCUT2D eigenvalue weighted by Gasteiger charge is -2.35. The Morgan fingerprint density at radius 3 is 2.65 bits per heavy atom. The van der Waals surface area contributed by atoms with Crippen LogP contribution < -0.4 is 15.1 Å². The van der Waals surface area contributed by atoms with Gasteiger partial charge in [0.2, 0.25) is 0 Å². The Morgan fingerprint density at radius 2 is 1.92 bits per heavy atom. The summed E-state index contributed by atoms with van der Waals surface area (Å²) in [4.78, 5) is 16.4. The highest BCUT2D eigenvalue weighted by Crippen LogP contribution is 2.30. The van der Waals surface area contributed by atoms with Crippen molar-refractivity contribution in [3.05, 3.63) is 47.7 Å². The van der Waals surface area contributed by atoms with Gasteiger partial charge in [-0.15, -0.1) is 10.2 Å². The molecule has 0 radical (unpaired) electrons. The number of para-hydroxylation sites is 1. The van der Waals surface area contributed by atoms with E-state index in [9.17, 15) is 4.79 Å². The first-order valence-corrected chi connectivity index (χ1v) is 9.38. The van der Waals surface area contributed by atoms with Crippen molar-refractivity contribution in [1.29, 1.82) is 0 Å². The van der Waals surface area contributed by atoms with Crippen LogP contribution in [-0.4, -0.2) is 49.3 Å². The second-order valence-electron chi connectivity index (χ2n) is 7.11. The van der Waals surface area contributed by atoms with Gasteiger partial charge < -0.3 is 15.1 Å². The molecule has 1 N–H and O–H groups in total. The van der Waals surface area contributed by atoms with Crippen LogP contribution in [0.3, 0.4) is 0 Å². The average Bonchev–Trinajstić information content (AvgIpc) is 3.11. The summed E-state index contributed by atoms with van der Waals surface area (Å²) in [7, 11) is 1.60. The van der Waals surface area contributed by atoms with E-state index in [-0.39, 0.29) is 5.91 Å². The predicted molar refractivity (Wildman–Crippen MR) is 103 cm³/mol. The number of amides is 1. The molecule has 2 aliphatic heterocycles. The molecule has 0 saturated carbocycles. The second kappa shape index (κ2) is 7.32. The molecular weight excluding hydrogens is 326 g/mol. The highest BCUT2D eigenvalue weighted by atomic mass is 16.1. The Kier molecular flexibility index (Phi) is 4.73. The number of hydrogen-bond donors (Lipinski definition) is 1. The number of benzene rings is 1. The molecule has 1 fully saturated rings. The van der Waals surface area contributed by atoms with Crippen LogP contribution in [0, 0.1) is 5.92 Å². The van der Waals surface area contributed by atoms with Crippen LogP contribution in [-0.2, 0) is 6.42 Å². The van der Waals surface area contributed by atoms with Crippen LogP contribution in [0.15, 0.2) is 36.4 Å². The summed E-state index contributed by atoms with van der Waals surface area (Å²) in [6.07, 6.45) is 3.50. The number of piperidine rings is 1. The highest BCUT2D eigenvalue weighted by Gasteiger charge is 2.25. The third-order valence-electron chi connectivity index (χ3n) is 5.51. The number of fused-ring (bicyclic) bond motifs is 1. The van der Waals surface area contributed by atoms with E-state index in [1.165, 1.54) is 17.7 Å². The van der Waals surface area contributed by atoms with Gasteiger partial charge in [-0.2, -0.15) is 0 Å². The molecule has 4 rings (SSSR count). The van der Waals surface area contributed by atoms with E-state index in [0.717, 1.165) is 50.8 Å². The van der Waals surface area contributed by atoms with Crippen LogP contribution in [0.1, 0.15) is 28.9 Å². The summed E-state index contributed by atoms with van der Waals surface area (Å²) in [6, 6.07) is 12.4. The zero-order chi connectivity index (χ0) is 17.9. The maximum atomic E-state index is 11.6. The minimum Gasteiger partial charge on any atom is -0.371 e. The number of rotatable bonds is 4. The lowest BCUT2D eigenvalue weighted by Crippen LogP contribution is -2.39. The van der Waals surface area contributed by atoms with Gasteiger partial charge >= 0.3 is 0 Å².